The largest absolute Gasteiger partial charge is 0.462 e. The van der Waals surface area contributed by atoms with E-state index in [0.717, 1.165) is 116 Å². The van der Waals surface area contributed by atoms with Gasteiger partial charge < -0.3 is 18.9 Å². The number of ketones is 2. The van der Waals surface area contributed by atoms with E-state index in [-0.39, 0.29) is 78.1 Å². The third kappa shape index (κ3) is 8.71. The molecule has 0 saturated heterocycles. The highest BCUT2D eigenvalue weighted by molar-refractivity contribution is 5.92. The molecular formula is C64H84O10. The van der Waals surface area contributed by atoms with Gasteiger partial charge in [-0.3, -0.25) is 28.8 Å². The van der Waals surface area contributed by atoms with Crippen LogP contribution in [0.5, 0.6) is 5.75 Å². The molecule has 0 radical (unpaired) electrons. The average molecular weight is 1010 g/mol. The number of fused-ring (bicyclic) bond motifs is 15. The molecule has 0 N–H and O–H groups in total. The number of hydrogen-bond acceptors (Lipinski definition) is 10. The van der Waals surface area contributed by atoms with Gasteiger partial charge in [0.2, 0.25) is 0 Å². The van der Waals surface area contributed by atoms with Gasteiger partial charge in [-0.05, 0) is 228 Å². The fourth-order valence-electron chi connectivity index (χ4n) is 20.8. The lowest BCUT2D eigenvalue weighted by atomic mass is 9.49. The van der Waals surface area contributed by atoms with Crippen LogP contribution in [0.2, 0.25) is 0 Å². The number of benzene rings is 1. The predicted molar refractivity (Wildman–Crippen MR) is 278 cm³/mol. The van der Waals surface area contributed by atoms with E-state index in [9.17, 15) is 28.8 Å². The fourth-order valence-corrected chi connectivity index (χ4v) is 20.8. The molecule has 10 nitrogen and oxygen atoms in total. The molecule has 8 fully saturated rings. The van der Waals surface area contributed by atoms with Crippen LogP contribution in [0, 0.1) is 87.3 Å². The van der Waals surface area contributed by atoms with Crippen molar-refractivity contribution in [3.05, 3.63) is 52.6 Å². The van der Waals surface area contributed by atoms with Crippen molar-refractivity contribution >= 4 is 35.4 Å². The Kier molecular flexibility index (Phi) is 13.3. The number of esters is 4. The Labute approximate surface area is 440 Å². The van der Waals surface area contributed by atoms with Gasteiger partial charge >= 0.3 is 23.9 Å². The molecular weight excluding hydrogens is 929 g/mol. The van der Waals surface area contributed by atoms with E-state index in [1.54, 1.807) is 0 Å². The van der Waals surface area contributed by atoms with Crippen molar-refractivity contribution in [2.24, 2.45) is 87.3 Å². The van der Waals surface area contributed by atoms with E-state index in [1.165, 1.54) is 22.3 Å². The summed E-state index contributed by atoms with van der Waals surface area (Å²) in [4.78, 5) is 78.0. The fraction of sp³-hybridized carbons (Fsp3) is 0.750. The number of aryl methyl sites for hydroxylation is 1. The third-order valence-corrected chi connectivity index (χ3v) is 23.7. The molecule has 0 aliphatic heterocycles. The summed E-state index contributed by atoms with van der Waals surface area (Å²) in [6, 6.07) is 6.11. The molecule has 8 saturated carbocycles. The molecule has 0 bridgehead atoms. The van der Waals surface area contributed by atoms with E-state index in [2.05, 4.69) is 40.7 Å². The maximum atomic E-state index is 13.5. The smallest absolute Gasteiger partial charge is 0.311 e. The van der Waals surface area contributed by atoms with E-state index in [0.29, 0.717) is 107 Å². The molecule has 0 spiro atoms. The SMILES string of the molecule is C[C@H]1C[C@@]2(C)C(CC[C@@H]2OC(=O)CCC(=O)Oc2ccc3c(c2)CCC2C3CC[C@@]3(C)C2CC[C@@H]3OC(=O)CCC(=O)O[C@H]2CCC3C4CCC5=CC(=O)CCC5C4[C@@H](C)C[C@@]32C)C2CCC3=CC(=O)CCC3C21. The van der Waals surface area contributed by atoms with Crippen LogP contribution in [0.25, 0.3) is 0 Å². The van der Waals surface area contributed by atoms with E-state index < -0.39 is 5.97 Å². The summed E-state index contributed by atoms with van der Waals surface area (Å²) in [6.45, 7) is 11.8. The van der Waals surface area contributed by atoms with Crippen LogP contribution in [0.3, 0.4) is 0 Å². The summed E-state index contributed by atoms with van der Waals surface area (Å²) in [5.74, 6) is 6.69. The lowest BCUT2D eigenvalue weighted by molar-refractivity contribution is -0.166. The second-order valence-electron chi connectivity index (χ2n) is 27.3. The molecule has 1 aromatic carbocycles. The minimum Gasteiger partial charge on any atom is -0.462 e. The molecule has 0 aromatic heterocycles. The first-order valence-electron chi connectivity index (χ1n) is 29.9. The summed E-state index contributed by atoms with van der Waals surface area (Å²) in [6.07, 6.45) is 23.0. The van der Waals surface area contributed by atoms with Crippen molar-refractivity contribution in [2.45, 2.75) is 213 Å². The Morgan fingerprint density at radius 1 is 0.500 bits per heavy atom. The highest BCUT2D eigenvalue weighted by atomic mass is 16.6. The first kappa shape index (κ1) is 50.7. The highest BCUT2D eigenvalue weighted by Gasteiger charge is 2.62. The first-order chi connectivity index (χ1) is 35.5. The number of carbonyl (C=O) groups is 6. The molecule has 74 heavy (non-hydrogen) atoms. The third-order valence-electron chi connectivity index (χ3n) is 23.7. The van der Waals surface area contributed by atoms with Gasteiger partial charge in [0.25, 0.3) is 0 Å². The number of hydrogen-bond donors (Lipinski definition) is 0. The molecule has 10 heteroatoms. The molecule has 12 rings (SSSR count). The number of rotatable bonds is 10. The summed E-state index contributed by atoms with van der Waals surface area (Å²) in [5, 5.41) is 0. The maximum absolute atomic E-state index is 13.5. The lowest BCUT2D eigenvalue weighted by Crippen LogP contribution is -2.51. The minimum absolute atomic E-state index is 0.00646. The van der Waals surface area contributed by atoms with Crippen molar-refractivity contribution in [1.82, 2.24) is 0 Å². The zero-order valence-corrected chi connectivity index (χ0v) is 45.2. The highest BCUT2D eigenvalue weighted by Crippen LogP contribution is 2.66. The summed E-state index contributed by atoms with van der Waals surface area (Å²) in [7, 11) is 0. The van der Waals surface area contributed by atoms with E-state index >= 15 is 0 Å². The second kappa shape index (κ2) is 19.4. The normalized spacial score (nSPS) is 43.5. The zero-order chi connectivity index (χ0) is 51.4. The van der Waals surface area contributed by atoms with Crippen LogP contribution in [0.4, 0.5) is 0 Å². The average Bonchev–Trinajstić information content (AvgIpc) is 4.01. The van der Waals surface area contributed by atoms with Gasteiger partial charge in [0.1, 0.15) is 24.1 Å². The first-order valence-corrected chi connectivity index (χ1v) is 29.9. The lowest BCUT2D eigenvalue weighted by Gasteiger charge is -2.56. The molecule has 0 amide bonds. The van der Waals surface area contributed by atoms with Gasteiger partial charge in [0.15, 0.2) is 11.6 Å². The molecule has 400 valence electrons. The second-order valence-corrected chi connectivity index (χ2v) is 27.3. The molecule has 11 unspecified atom stereocenters. The Balaban J connectivity index is 0.593. The standard InChI is InChI=1S/C64H84O10/c1-35-33-63(4)51(48-13-7-37-30-40(65)9-15-44(37)60(35)48)19-22-54(63)73-58(69)25-24-56(67)71-42-11-17-43-39(32-42)6-12-47-46(43)28-29-62(3)50(47)18-21-53(62)72-57(68)26-27-59(70)74-55-23-20-52-49-14-8-38-31-41(66)10-16-45(38)61(49)36(2)34-64(52,55)5/h11,17,30-32,35-36,44-55,60-61H,6-10,12-16,18-29,33-34H2,1-5H3/t35-,36-,44?,45?,46?,47?,48?,49?,50?,51?,52?,53-,54-,55-,60?,61?,62-,63-,64-/m0/s1. The Morgan fingerprint density at radius 3 is 1.47 bits per heavy atom. The maximum Gasteiger partial charge on any atom is 0.311 e. The van der Waals surface area contributed by atoms with E-state index in [1.807, 2.05) is 24.3 Å². The van der Waals surface area contributed by atoms with Crippen LogP contribution in [0.1, 0.15) is 199 Å². The molecule has 11 aliphatic rings. The summed E-state index contributed by atoms with van der Waals surface area (Å²) < 4.78 is 24.7. The van der Waals surface area contributed by atoms with Crippen molar-refractivity contribution in [3.63, 3.8) is 0 Å². The number of ether oxygens (including phenoxy) is 4. The van der Waals surface area contributed by atoms with Crippen LogP contribution < -0.4 is 4.74 Å². The van der Waals surface area contributed by atoms with Crippen molar-refractivity contribution in [1.29, 1.82) is 0 Å². The van der Waals surface area contributed by atoms with Gasteiger partial charge in [0.05, 0.1) is 25.7 Å². The van der Waals surface area contributed by atoms with Crippen LogP contribution in [-0.4, -0.2) is 53.8 Å². The molecule has 1 aromatic rings. The van der Waals surface area contributed by atoms with Crippen LogP contribution in [-0.2, 0) is 49.4 Å². The quantitative estimate of drug-likeness (QED) is 0.126. The van der Waals surface area contributed by atoms with E-state index in [4.69, 9.17) is 18.9 Å². The Hall–Kier alpha value is -4.08. The summed E-state index contributed by atoms with van der Waals surface area (Å²) in [5.41, 5.74) is 5.12. The Bertz CT molecular complexity index is 2520. The predicted octanol–water partition coefficient (Wildman–Crippen LogP) is 12.5. The Morgan fingerprint density at radius 2 is 0.959 bits per heavy atom. The zero-order valence-electron chi connectivity index (χ0n) is 45.2. The van der Waals surface area contributed by atoms with Crippen LogP contribution >= 0.6 is 0 Å². The number of carbonyl (C=O) groups excluding carboxylic acids is 6. The topological polar surface area (TPSA) is 139 Å². The van der Waals surface area contributed by atoms with Gasteiger partial charge in [-0.25, -0.2) is 0 Å². The molecule has 11 aliphatic carbocycles. The van der Waals surface area contributed by atoms with Crippen LogP contribution in [0.15, 0.2) is 41.5 Å². The van der Waals surface area contributed by atoms with Gasteiger partial charge in [-0.2, -0.15) is 0 Å². The van der Waals surface area contributed by atoms with Crippen molar-refractivity contribution in [2.75, 3.05) is 0 Å². The number of allylic oxidation sites excluding steroid dienone is 2. The molecule has 19 atom stereocenters. The van der Waals surface area contributed by atoms with Crippen molar-refractivity contribution in [3.8, 4) is 5.75 Å². The van der Waals surface area contributed by atoms with Crippen molar-refractivity contribution < 1.29 is 47.7 Å². The van der Waals surface area contributed by atoms with Gasteiger partial charge in [-0.1, -0.05) is 51.8 Å². The van der Waals surface area contributed by atoms with Gasteiger partial charge in [0, 0.05) is 29.1 Å². The monoisotopic (exact) mass is 1010 g/mol. The summed E-state index contributed by atoms with van der Waals surface area (Å²) >= 11 is 0. The molecule has 0 heterocycles. The minimum atomic E-state index is -0.418. The van der Waals surface area contributed by atoms with Gasteiger partial charge in [-0.15, -0.1) is 0 Å².